The number of carbonyl (C=O) groups is 1. The summed E-state index contributed by atoms with van der Waals surface area (Å²) in [5.41, 5.74) is 3.89. The van der Waals surface area contributed by atoms with Gasteiger partial charge in [-0.3, -0.25) is 9.78 Å². The molecule has 1 heterocycles. The van der Waals surface area contributed by atoms with E-state index in [-0.39, 0.29) is 24.9 Å². The van der Waals surface area contributed by atoms with Crippen molar-refractivity contribution in [1.29, 1.82) is 0 Å². The predicted molar refractivity (Wildman–Crippen MR) is 136 cm³/mol. The first-order valence-electron chi connectivity index (χ1n) is 11.7. The van der Waals surface area contributed by atoms with Gasteiger partial charge in [0.25, 0.3) is 0 Å². The number of pyridine rings is 1. The van der Waals surface area contributed by atoms with Gasteiger partial charge in [-0.25, -0.2) is 4.39 Å². The zero-order chi connectivity index (χ0) is 24.9. The second-order valence-corrected chi connectivity index (χ2v) is 8.75. The van der Waals surface area contributed by atoms with E-state index in [0.717, 1.165) is 27.8 Å². The normalized spacial score (nSPS) is 12.9. The van der Waals surface area contributed by atoms with Gasteiger partial charge < -0.3 is 15.2 Å². The third-order valence-corrected chi connectivity index (χ3v) is 6.16. The van der Waals surface area contributed by atoms with Crippen molar-refractivity contribution < 1.29 is 19.0 Å². The average molecular weight is 473 g/mol. The Kier molecular flexibility index (Phi) is 7.42. The van der Waals surface area contributed by atoms with Crippen LogP contribution in [0.15, 0.2) is 72.8 Å². The molecule has 0 aliphatic heterocycles. The summed E-state index contributed by atoms with van der Waals surface area (Å²) in [6, 6.07) is 22.5. The number of halogens is 1. The maximum atomic E-state index is 14.5. The number of rotatable bonds is 9. The fourth-order valence-electron chi connectivity index (χ4n) is 4.31. The van der Waals surface area contributed by atoms with E-state index >= 15 is 0 Å². The Hall–Kier alpha value is -3.77. The summed E-state index contributed by atoms with van der Waals surface area (Å²) in [6.07, 6.45) is 0.202. The number of hydrogen-bond acceptors (Lipinski definition) is 4. The van der Waals surface area contributed by atoms with Gasteiger partial charge in [0.15, 0.2) is 0 Å². The maximum Gasteiger partial charge on any atom is 0.303 e. The number of benzene rings is 3. The SMILES string of the molecule is COc1cccc([C@@H](C)NC(C)c2cc3ccccc3c(-c3cc(F)cc(CCC(=O)O)c3)n2)c1. The fraction of sp³-hybridized carbons (Fsp3) is 0.241. The minimum absolute atomic E-state index is 0.0496. The highest BCUT2D eigenvalue weighted by molar-refractivity contribution is 5.95. The largest absolute Gasteiger partial charge is 0.497 e. The summed E-state index contributed by atoms with van der Waals surface area (Å²) in [4.78, 5) is 16.0. The van der Waals surface area contributed by atoms with Crippen LogP contribution in [-0.4, -0.2) is 23.2 Å². The van der Waals surface area contributed by atoms with Crippen LogP contribution in [0, 0.1) is 5.82 Å². The summed E-state index contributed by atoms with van der Waals surface area (Å²) < 4.78 is 19.9. The Morgan fingerprint density at radius 1 is 1.03 bits per heavy atom. The highest BCUT2D eigenvalue weighted by Gasteiger charge is 2.17. The third kappa shape index (κ3) is 5.84. The van der Waals surface area contributed by atoms with Gasteiger partial charge in [0, 0.05) is 29.5 Å². The van der Waals surface area contributed by atoms with Gasteiger partial charge in [-0.1, -0.05) is 36.4 Å². The van der Waals surface area contributed by atoms with Crippen molar-refractivity contribution in [2.75, 3.05) is 7.11 Å². The van der Waals surface area contributed by atoms with E-state index in [1.54, 1.807) is 7.11 Å². The molecule has 0 saturated carbocycles. The van der Waals surface area contributed by atoms with Crippen LogP contribution in [0.3, 0.4) is 0 Å². The molecule has 6 heteroatoms. The summed E-state index contributed by atoms with van der Waals surface area (Å²) in [5.74, 6) is -0.511. The Labute approximate surface area is 204 Å². The van der Waals surface area contributed by atoms with Gasteiger partial charge in [0.2, 0.25) is 0 Å². The molecule has 35 heavy (non-hydrogen) atoms. The molecule has 4 rings (SSSR count). The number of aromatic nitrogens is 1. The number of fused-ring (bicyclic) bond motifs is 1. The Balaban J connectivity index is 1.70. The molecule has 2 N–H and O–H groups in total. The molecule has 0 spiro atoms. The van der Waals surface area contributed by atoms with E-state index in [1.807, 2.05) is 48.5 Å². The monoisotopic (exact) mass is 472 g/mol. The van der Waals surface area contributed by atoms with Crippen LogP contribution in [0.5, 0.6) is 5.75 Å². The van der Waals surface area contributed by atoms with Crippen LogP contribution >= 0.6 is 0 Å². The Bertz CT molecular complexity index is 1360. The van der Waals surface area contributed by atoms with Crippen LogP contribution in [0.25, 0.3) is 22.0 Å². The molecule has 4 aromatic rings. The standard InChI is InChI=1S/C29H29FN2O3/c1-18(21-8-6-9-25(16-21)35-3)31-19(2)27-17-22-7-4-5-10-26(22)29(32-27)23-13-20(11-12-28(33)34)14-24(30)15-23/h4-10,13-19,31H,11-12H2,1-3H3,(H,33,34)/t18-,19?/m1/s1. The van der Waals surface area contributed by atoms with E-state index < -0.39 is 11.8 Å². The number of nitrogens with one attached hydrogen (secondary N) is 1. The highest BCUT2D eigenvalue weighted by Crippen LogP contribution is 2.31. The number of aryl methyl sites for hydroxylation is 1. The molecular formula is C29H29FN2O3. The summed E-state index contributed by atoms with van der Waals surface area (Å²) >= 11 is 0. The van der Waals surface area contributed by atoms with Crippen LogP contribution in [-0.2, 0) is 11.2 Å². The Morgan fingerprint density at radius 2 is 1.83 bits per heavy atom. The number of ether oxygens (including phenoxy) is 1. The second kappa shape index (κ2) is 10.7. The van der Waals surface area contributed by atoms with Gasteiger partial charge in [-0.05, 0) is 73.2 Å². The number of methoxy groups -OCH3 is 1. The summed E-state index contributed by atoms with van der Waals surface area (Å²) in [6.45, 7) is 4.15. The lowest BCUT2D eigenvalue weighted by Gasteiger charge is -2.22. The molecule has 0 radical (unpaired) electrons. The van der Waals surface area contributed by atoms with Crippen LogP contribution < -0.4 is 10.1 Å². The lowest BCUT2D eigenvalue weighted by atomic mass is 9.98. The zero-order valence-electron chi connectivity index (χ0n) is 20.1. The predicted octanol–water partition coefficient (Wildman–Crippen LogP) is 6.48. The van der Waals surface area contributed by atoms with Crippen LogP contribution in [0.2, 0.25) is 0 Å². The Morgan fingerprint density at radius 3 is 2.60 bits per heavy atom. The lowest BCUT2D eigenvalue weighted by molar-refractivity contribution is -0.136. The third-order valence-electron chi connectivity index (χ3n) is 6.16. The first-order valence-corrected chi connectivity index (χ1v) is 11.7. The van der Waals surface area contributed by atoms with Crippen molar-refractivity contribution in [3.8, 4) is 17.0 Å². The molecular weight excluding hydrogens is 443 g/mol. The molecule has 1 aromatic heterocycles. The smallest absolute Gasteiger partial charge is 0.303 e. The van der Waals surface area contributed by atoms with Gasteiger partial charge >= 0.3 is 5.97 Å². The fourth-order valence-corrected chi connectivity index (χ4v) is 4.31. The van der Waals surface area contributed by atoms with Crippen molar-refractivity contribution in [2.45, 2.75) is 38.8 Å². The molecule has 180 valence electrons. The van der Waals surface area contributed by atoms with E-state index in [4.69, 9.17) is 14.8 Å². The molecule has 5 nitrogen and oxygen atoms in total. The minimum Gasteiger partial charge on any atom is -0.497 e. The highest BCUT2D eigenvalue weighted by atomic mass is 19.1. The lowest BCUT2D eigenvalue weighted by Crippen LogP contribution is -2.23. The molecule has 0 aliphatic carbocycles. The number of carboxylic acids is 1. The van der Waals surface area contributed by atoms with Gasteiger partial charge in [-0.15, -0.1) is 0 Å². The molecule has 2 atom stereocenters. The summed E-state index contributed by atoms with van der Waals surface area (Å²) in [5, 5.41) is 14.6. The van der Waals surface area contributed by atoms with Gasteiger partial charge in [0.1, 0.15) is 11.6 Å². The van der Waals surface area contributed by atoms with Crippen LogP contribution in [0.4, 0.5) is 4.39 Å². The van der Waals surface area contributed by atoms with Gasteiger partial charge in [-0.2, -0.15) is 0 Å². The number of carboxylic acid groups (broad SMARTS) is 1. The molecule has 3 aromatic carbocycles. The van der Waals surface area contributed by atoms with E-state index in [9.17, 15) is 9.18 Å². The first-order chi connectivity index (χ1) is 16.8. The number of nitrogens with zero attached hydrogens (tertiary/aromatic N) is 1. The molecule has 0 bridgehead atoms. The number of hydrogen-bond donors (Lipinski definition) is 2. The second-order valence-electron chi connectivity index (χ2n) is 8.75. The van der Waals surface area contributed by atoms with E-state index in [0.29, 0.717) is 16.8 Å². The van der Waals surface area contributed by atoms with Crippen molar-refractivity contribution in [3.63, 3.8) is 0 Å². The minimum atomic E-state index is -0.911. The molecule has 0 aliphatic rings. The van der Waals surface area contributed by atoms with E-state index in [1.165, 1.54) is 12.1 Å². The van der Waals surface area contributed by atoms with E-state index in [2.05, 4.69) is 31.3 Å². The number of aliphatic carboxylic acids is 1. The van der Waals surface area contributed by atoms with Crippen molar-refractivity contribution in [2.24, 2.45) is 0 Å². The maximum absolute atomic E-state index is 14.5. The quantitative estimate of drug-likeness (QED) is 0.292. The van der Waals surface area contributed by atoms with Crippen molar-refractivity contribution >= 4 is 16.7 Å². The molecule has 0 fully saturated rings. The van der Waals surface area contributed by atoms with Crippen molar-refractivity contribution in [3.05, 3.63) is 95.4 Å². The van der Waals surface area contributed by atoms with Crippen molar-refractivity contribution in [1.82, 2.24) is 10.3 Å². The molecule has 0 amide bonds. The molecule has 0 saturated heterocycles. The zero-order valence-corrected chi connectivity index (χ0v) is 20.1. The average Bonchev–Trinajstić information content (AvgIpc) is 2.86. The topological polar surface area (TPSA) is 71.5 Å². The van der Waals surface area contributed by atoms with Crippen LogP contribution in [0.1, 0.15) is 49.2 Å². The first kappa shape index (κ1) is 24.4. The summed E-state index contributed by atoms with van der Waals surface area (Å²) in [7, 11) is 1.65. The molecule has 1 unspecified atom stereocenters. The van der Waals surface area contributed by atoms with Gasteiger partial charge in [0.05, 0.1) is 18.5 Å².